The largest absolute Gasteiger partial charge is 0.0651 e. The molecule has 130 valence electrons. The molecule has 4 atom stereocenters. The Bertz CT molecular complexity index is 286. The van der Waals surface area contributed by atoms with Gasteiger partial charge in [0.2, 0.25) is 0 Å². The number of rotatable bonds is 6. The van der Waals surface area contributed by atoms with Crippen molar-refractivity contribution in [1.29, 1.82) is 0 Å². The molecule has 0 N–H and O–H groups in total. The third-order valence-corrected chi connectivity index (χ3v) is 7.35. The molecule has 4 unspecified atom stereocenters. The smallest absolute Gasteiger partial charge is 0.0386 e. The summed E-state index contributed by atoms with van der Waals surface area (Å²) in [5.74, 6) is 6.09. The minimum atomic E-state index is 0.978. The van der Waals surface area contributed by atoms with Crippen LogP contribution in [0.1, 0.15) is 105 Å². The molecular weight excluding hydrogens is 264 g/mol. The lowest BCUT2D eigenvalue weighted by atomic mass is 9.73. The summed E-state index contributed by atoms with van der Waals surface area (Å²) in [6.45, 7) is 9.92. The fourth-order valence-electron chi connectivity index (χ4n) is 5.33. The topological polar surface area (TPSA) is 0 Å². The predicted molar refractivity (Wildman–Crippen MR) is 99.0 cm³/mol. The molecule has 2 fully saturated rings. The molecule has 2 aliphatic rings. The Morgan fingerprint density at radius 2 is 1.32 bits per heavy atom. The van der Waals surface area contributed by atoms with Gasteiger partial charge in [-0.1, -0.05) is 79.1 Å². The van der Waals surface area contributed by atoms with E-state index in [0.29, 0.717) is 0 Å². The highest BCUT2D eigenvalue weighted by molar-refractivity contribution is 4.78. The molecule has 0 aromatic carbocycles. The summed E-state index contributed by atoms with van der Waals surface area (Å²) in [6.07, 6.45) is 18.0. The second kappa shape index (κ2) is 9.33. The van der Waals surface area contributed by atoms with Gasteiger partial charge in [0.15, 0.2) is 0 Å². The SMILES string of the molecule is CCC(CCC(C)C1CCC(C)CC1)C1CCCC(C)CC1. The Morgan fingerprint density at radius 3 is 1.95 bits per heavy atom. The van der Waals surface area contributed by atoms with E-state index in [1.165, 1.54) is 77.0 Å². The van der Waals surface area contributed by atoms with Gasteiger partial charge in [-0.3, -0.25) is 0 Å². The maximum Gasteiger partial charge on any atom is -0.0386 e. The summed E-state index contributed by atoms with van der Waals surface area (Å²) in [6, 6.07) is 0. The fraction of sp³-hybridized carbons (Fsp3) is 1.00. The molecule has 0 aliphatic heterocycles. The monoisotopic (exact) mass is 306 g/mol. The summed E-state index contributed by atoms with van der Waals surface area (Å²) in [5.41, 5.74) is 0. The van der Waals surface area contributed by atoms with Gasteiger partial charge in [-0.2, -0.15) is 0 Å². The molecule has 22 heavy (non-hydrogen) atoms. The molecule has 0 radical (unpaired) electrons. The van der Waals surface area contributed by atoms with Crippen LogP contribution in [0.4, 0.5) is 0 Å². The van der Waals surface area contributed by atoms with Crippen molar-refractivity contribution in [2.45, 2.75) is 105 Å². The van der Waals surface area contributed by atoms with Crippen LogP contribution in [0.25, 0.3) is 0 Å². The van der Waals surface area contributed by atoms with Crippen LogP contribution < -0.4 is 0 Å². The van der Waals surface area contributed by atoms with Gasteiger partial charge in [-0.25, -0.2) is 0 Å². The maximum atomic E-state index is 2.56. The minimum absolute atomic E-state index is 0.978. The molecule has 2 rings (SSSR count). The average molecular weight is 307 g/mol. The highest BCUT2D eigenvalue weighted by atomic mass is 14.3. The molecule has 2 saturated carbocycles. The average Bonchev–Trinajstić information content (AvgIpc) is 2.73. The van der Waals surface area contributed by atoms with Crippen LogP contribution in [0, 0.1) is 35.5 Å². The van der Waals surface area contributed by atoms with E-state index in [4.69, 9.17) is 0 Å². The van der Waals surface area contributed by atoms with Crippen molar-refractivity contribution in [2.24, 2.45) is 35.5 Å². The first-order valence-corrected chi connectivity index (χ1v) is 10.6. The second-order valence-electron chi connectivity index (χ2n) is 9.12. The van der Waals surface area contributed by atoms with E-state index in [-0.39, 0.29) is 0 Å². The molecule has 0 bridgehead atoms. The van der Waals surface area contributed by atoms with Gasteiger partial charge in [0.05, 0.1) is 0 Å². The summed E-state index contributed by atoms with van der Waals surface area (Å²) in [7, 11) is 0. The maximum absolute atomic E-state index is 2.56. The fourth-order valence-corrected chi connectivity index (χ4v) is 5.33. The van der Waals surface area contributed by atoms with Crippen LogP contribution >= 0.6 is 0 Å². The Kier molecular flexibility index (Phi) is 7.78. The van der Waals surface area contributed by atoms with Crippen molar-refractivity contribution in [2.75, 3.05) is 0 Å². The molecule has 0 amide bonds. The van der Waals surface area contributed by atoms with E-state index in [9.17, 15) is 0 Å². The van der Waals surface area contributed by atoms with Crippen molar-refractivity contribution >= 4 is 0 Å². The number of hydrogen-bond acceptors (Lipinski definition) is 0. The van der Waals surface area contributed by atoms with Crippen LogP contribution in [0.5, 0.6) is 0 Å². The van der Waals surface area contributed by atoms with Gasteiger partial charge in [-0.05, 0) is 61.2 Å². The molecule has 0 nitrogen and oxygen atoms in total. The zero-order valence-corrected chi connectivity index (χ0v) is 15.9. The molecule has 2 aliphatic carbocycles. The van der Waals surface area contributed by atoms with Gasteiger partial charge in [-0.15, -0.1) is 0 Å². The van der Waals surface area contributed by atoms with Crippen LogP contribution in [0.3, 0.4) is 0 Å². The zero-order valence-electron chi connectivity index (χ0n) is 15.9. The van der Waals surface area contributed by atoms with Gasteiger partial charge in [0.1, 0.15) is 0 Å². The van der Waals surface area contributed by atoms with E-state index < -0.39 is 0 Å². The van der Waals surface area contributed by atoms with Crippen molar-refractivity contribution in [3.05, 3.63) is 0 Å². The van der Waals surface area contributed by atoms with Gasteiger partial charge in [0.25, 0.3) is 0 Å². The molecule has 0 heterocycles. The standard InChI is InChI=1S/C22H42/c1-5-20(22-8-6-7-17(2)11-15-22)16-12-19(4)21-13-9-18(3)10-14-21/h17-22H,5-16H2,1-4H3. The third kappa shape index (κ3) is 5.57. The molecule has 0 heteroatoms. The molecule has 0 aromatic heterocycles. The quantitative estimate of drug-likeness (QED) is 0.446. The summed E-state index contributed by atoms with van der Waals surface area (Å²) in [4.78, 5) is 0. The summed E-state index contributed by atoms with van der Waals surface area (Å²) < 4.78 is 0. The lowest BCUT2D eigenvalue weighted by molar-refractivity contribution is 0.190. The van der Waals surface area contributed by atoms with E-state index in [0.717, 1.165) is 35.5 Å². The van der Waals surface area contributed by atoms with Crippen molar-refractivity contribution in [3.8, 4) is 0 Å². The van der Waals surface area contributed by atoms with Crippen molar-refractivity contribution in [3.63, 3.8) is 0 Å². The highest BCUT2D eigenvalue weighted by Gasteiger charge is 2.26. The van der Waals surface area contributed by atoms with Crippen molar-refractivity contribution < 1.29 is 0 Å². The lowest BCUT2D eigenvalue weighted by Gasteiger charge is -2.32. The van der Waals surface area contributed by atoms with E-state index in [1.54, 1.807) is 0 Å². The van der Waals surface area contributed by atoms with Gasteiger partial charge in [0, 0.05) is 0 Å². The normalized spacial score (nSPS) is 36.5. The molecule has 0 saturated heterocycles. The van der Waals surface area contributed by atoms with Gasteiger partial charge >= 0.3 is 0 Å². The Morgan fingerprint density at radius 1 is 0.727 bits per heavy atom. The van der Waals surface area contributed by atoms with E-state index in [2.05, 4.69) is 27.7 Å². The predicted octanol–water partition coefficient (Wildman–Crippen LogP) is 7.47. The van der Waals surface area contributed by atoms with Crippen molar-refractivity contribution in [1.82, 2.24) is 0 Å². The number of hydrogen-bond donors (Lipinski definition) is 0. The van der Waals surface area contributed by atoms with Gasteiger partial charge < -0.3 is 0 Å². The second-order valence-corrected chi connectivity index (χ2v) is 9.12. The van der Waals surface area contributed by atoms with Crippen LogP contribution in [-0.2, 0) is 0 Å². The minimum Gasteiger partial charge on any atom is -0.0651 e. The highest BCUT2D eigenvalue weighted by Crippen LogP contribution is 2.39. The Balaban J connectivity index is 1.75. The van der Waals surface area contributed by atoms with Crippen LogP contribution in [-0.4, -0.2) is 0 Å². The summed E-state index contributed by atoms with van der Waals surface area (Å²) in [5, 5.41) is 0. The van der Waals surface area contributed by atoms with E-state index >= 15 is 0 Å². The molecular formula is C22H42. The van der Waals surface area contributed by atoms with E-state index in [1.807, 2.05) is 0 Å². The molecule has 0 spiro atoms. The first-order valence-electron chi connectivity index (χ1n) is 10.6. The first kappa shape index (κ1) is 18.3. The molecule has 0 aromatic rings. The summed E-state index contributed by atoms with van der Waals surface area (Å²) >= 11 is 0. The Hall–Kier alpha value is 0. The van der Waals surface area contributed by atoms with Crippen LogP contribution in [0.2, 0.25) is 0 Å². The third-order valence-electron chi connectivity index (χ3n) is 7.35. The lowest BCUT2D eigenvalue weighted by Crippen LogP contribution is -2.21. The Labute approximate surface area is 140 Å². The zero-order chi connectivity index (χ0) is 15.9. The van der Waals surface area contributed by atoms with Crippen LogP contribution in [0.15, 0.2) is 0 Å². The first-order chi connectivity index (χ1) is 10.6.